The maximum atomic E-state index is 6.00. The summed E-state index contributed by atoms with van der Waals surface area (Å²) in [5, 5.41) is 0. The number of thioether (sulfide) groups is 1. The van der Waals surface area contributed by atoms with Gasteiger partial charge in [0.1, 0.15) is 0 Å². The van der Waals surface area contributed by atoms with Crippen LogP contribution in [0.2, 0.25) is 0 Å². The fourth-order valence-corrected chi connectivity index (χ4v) is 3.92. The second-order valence-electron chi connectivity index (χ2n) is 4.03. The Hall–Kier alpha value is 0.140. The van der Waals surface area contributed by atoms with Gasteiger partial charge in [0.2, 0.25) is 0 Å². The minimum atomic E-state index is 0.568. The molecule has 1 saturated heterocycles. The van der Waals surface area contributed by atoms with Crippen molar-refractivity contribution >= 4 is 45.0 Å². The molecule has 1 fully saturated rings. The van der Waals surface area contributed by atoms with E-state index in [-0.39, 0.29) is 0 Å². The molecule has 1 aliphatic rings. The molecule has 1 unspecified atom stereocenters. The molecule has 0 spiro atoms. The van der Waals surface area contributed by atoms with E-state index in [9.17, 15) is 0 Å². The summed E-state index contributed by atoms with van der Waals surface area (Å²) in [6, 6.07) is 7.02. The monoisotopic (exact) mass is 319 g/mol. The van der Waals surface area contributed by atoms with Crippen molar-refractivity contribution < 1.29 is 0 Å². The predicted octanol–water partition coefficient (Wildman–Crippen LogP) is 4.13. The zero-order chi connectivity index (χ0) is 11.5. The van der Waals surface area contributed by atoms with E-state index in [0.717, 1.165) is 4.47 Å². The number of hydrogen-bond acceptors (Lipinski definition) is 2. The van der Waals surface area contributed by atoms with Gasteiger partial charge in [-0.25, -0.2) is 0 Å². The number of benzene rings is 1. The third-order valence-corrected chi connectivity index (χ3v) is 4.94. The van der Waals surface area contributed by atoms with Gasteiger partial charge < -0.3 is 4.90 Å². The van der Waals surface area contributed by atoms with Gasteiger partial charge in [0, 0.05) is 34.9 Å². The molecule has 0 aromatic heterocycles. The summed E-state index contributed by atoms with van der Waals surface area (Å²) in [5.74, 6) is 3.08. The van der Waals surface area contributed by atoms with Crippen molar-refractivity contribution in [1.29, 1.82) is 0 Å². The van der Waals surface area contributed by atoms with Gasteiger partial charge in [-0.2, -0.15) is 11.8 Å². The van der Waals surface area contributed by atoms with Crippen LogP contribution in [0, 0.1) is 0 Å². The molecule has 0 aliphatic carbocycles. The Morgan fingerprint density at radius 1 is 1.56 bits per heavy atom. The molecule has 1 atom stereocenters. The Bertz CT molecular complexity index is 366. The number of rotatable bonds is 3. The molecule has 1 aromatic rings. The number of nitrogens with zero attached hydrogens (tertiary/aromatic N) is 1. The molecule has 1 aliphatic heterocycles. The standard InChI is InChI=1S/C12H15BrClNS/c1-15(11-4-5-16-8-11)12-3-2-10(13)6-9(12)7-14/h2-3,6,11H,4-5,7-8H2,1H3. The van der Waals surface area contributed by atoms with Gasteiger partial charge in [-0.05, 0) is 35.9 Å². The molecule has 0 amide bonds. The fourth-order valence-electron chi connectivity index (χ4n) is 2.03. The first-order chi connectivity index (χ1) is 7.72. The highest BCUT2D eigenvalue weighted by atomic mass is 79.9. The Labute approximate surface area is 115 Å². The van der Waals surface area contributed by atoms with Crippen molar-refractivity contribution in [3.05, 3.63) is 28.2 Å². The lowest BCUT2D eigenvalue weighted by molar-refractivity contribution is 0.698. The first kappa shape index (κ1) is 12.6. The van der Waals surface area contributed by atoms with Crippen molar-refractivity contribution in [2.75, 3.05) is 23.5 Å². The van der Waals surface area contributed by atoms with Crippen LogP contribution in [-0.2, 0) is 5.88 Å². The van der Waals surface area contributed by atoms with Gasteiger partial charge in [-0.15, -0.1) is 11.6 Å². The number of halogens is 2. The van der Waals surface area contributed by atoms with E-state index in [1.165, 1.54) is 29.2 Å². The molecule has 1 nitrogen and oxygen atoms in total. The lowest BCUT2D eigenvalue weighted by atomic mass is 10.1. The SMILES string of the molecule is CN(c1ccc(Br)cc1CCl)C1CCSC1. The topological polar surface area (TPSA) is 3.24 Å². The Kier molecular flexibility index (Phi) is 4.45. The zero-order valence-electron chi connectivity index (χ0n) is 9.25. The summed E-state index contributed by atoms with van der Waals surface area (Å²) >= 11 is 11.5. The van der Waals surface area contributed by atoms with Gasteiger partial charge in [-0.1, -0.05) is 15.9 Å². The van der Waals surface area contributed by atoms with E-state index in [1.807, 2.05) is 11.8 Å². The lowest BCUT2D eigenvalue weighted by Gasteiger charge is -2.28. The Morgan fingerprint density at radius 3 is 3.00 bits per heavy atom. The van der Waals surface area contributed by atoms with Crippen LogP contribution in [0.1, 0.15) is 12.0 Å². The smallest absolute Gasteiger partial charge is 0.0494 e. The minimum Gasteiger partial charge on any atom is -0.370 e. The highest BCUT2D eigenvalue weighted by Crippen LogP contribution is 2.30. The summed E-state index contributed by atoms with van der Waals surface area (Å²) in [4.78, 5) is 2.38. The maximum Gasteiger partial charge on any atom is 0.0494 e. The summed E-state index contributed by atoms with van der Waals surface area (Å²) < 4.78 is 1.10. The van der Waals surface area contributed by atoms with E-state index < -0.39 is 0 Å². The summed E-state index contributed by atoms with van der Waals surface area (Å²) in [7, 11) is 2.18. The molecule has 0 radical (unpaired) electrons. The third kappa shape index (κ3) is 2.69. The van der Waals surface area contributed by atoms with Crippen LogP contribution in [0.4, 0.5) is 5.69 Å². The average molecular weight is 321 g/mol. The van der Waals surface area contributed by atoms with Crippen LogP contribution in [0.3, 0.4) is 0 Å². The van der Waals surface area contributed by atoms with Gasteiger partial charge in [0.15, 0.2) is 0 Å². The molecule has 0 saturated carbocycles. The molecular weight excluding hydrogens is 306 g/mol. The molecule has 0 bridgehead atoms. The first-order valence-corrected chi connectivity index (χ1v) is 7.85. The minimum absolute atomic E-state index is 0.568. The van der Waals surface area contributed by atoms with Crippen molar-refractivity contribution in [2.24, 2.45) is 0 Å². The van der Waals surface area contributed by atoms with E-state index in [2.05, 4.69) is 46.1 Å². The molecule has 2 rings (SSSR count). The van der Waals surface area contributed by atoms with Gasteiger partial charge in [-0.3, -0.25) is 0 Å². The molecule has 0 N–H and O–H groups in total. The Balaban J connectivity index is 2.24. The largest absolute Gasteiger partial charge is 0.370 e. The zero-order valence-corrected chi connectivity index (χ0v) is 12.4. The van der Waals surface area contributed by atoms with Gasteiger partial charge in [0.05, 0.1) is 0 Å². The number of anilines is 1. The van der Waals surface area contributed by atoms with Crippen molar-refractivity contribution in [1.82, 2.24) is 0 Å². The quantitative estimate of drug-likeness (QED) is 0.770. The summed E-state index contributed by atoms with van der Waals surface area (Å²) in [5.41, 5.74) is 2.47. The van der Waals surface area contributed by atoms with E-state index in [0.29, 0.717) is 11.9 Å². The first-order valence-electron chi connectivity index (χ1n) is 5.37. The van der Waals surface area contributed by atoms with Crippen LogP contribution >= 0.6 is 39.3 Å². The highest BCUT2D eigenvalue weighted by Gasteiger charge is 2.21. The normalized spacial score (nSPS) is 20.1. The van der Waals surface area contributed by atoms with Crippen LogP contribution in [0.25, 0.3) is 0 Å². The fraction of sp³-hybridized carbons (Fsp3) is 0.500. The number of alkyl halides is 1. The van der Waals surface area contributed by atoms with E-state index in [1.54, 1.807) is 0 Å². The highest BCUT2D eigenvalue weighted by molar-refractivity contribution is 9.10. The van der Waals surface area contributed by atoms with E-state index >= 15 is 0 Å². The second kappa shape index (κ2) is 5.65. The van der Waals surface area contributed by atoms with Crippen molar-refractivity contribution in [2.45, 2.75) is 18.3 Å². The van der Waals surface area contributed by atoms with Gasteiger partial charge in [0.25, 0.3) is 0 Å². The van der Waals surface area contributed by atoms with Crippen LogP contribution in [0.5, 0.6) is 0 Å². The third-order valence-electron chi connectivity index (χ3n) is 3.02. The summed E-state index contributed by atoms with van der Waals surface area (Å²) in [6.07, 6.45) is 1.28. The predicted molar refractivity (Wildman–Crippen MR) is 77.8 cm³/mol. The van der Waals surface area contributed by atoms with E-state index in [4.69, 9.17) is 11.6 Å². The molecule has 1 aromatic carbocycles. The molecule has 88 valence electrons. The van der Waals surface area contributed by atoms with Crippen LogP contribution < -0.4 is 4.90 Å². The molecule has 16 heavy (non-hydrogen) atoms. The lowest BCUT2D eigenvalue weighted by Crippen LogP contribution is -2.31. The molecular formula is C12H15BrClNS. The van der Waals surface area contributed by atoms with Crippen molar-refractivity contribution in [3.8, 4) is 0 Å². The van der Waals surface area contributed by atoms with Crippen LogP contribution in [0.15, 0.2) is 22.7 Å². The Morgan fingerprint density at radius 2 is 2.38 bits per heavy atom. The van der Waals surface area contributed by atoms with Gasteiger partial charge >= 0.3 is 0 Å². The molecule has 1 heterocycles. The maximum absolute atomic E-state index is 6.00. The summed E-state index contributed by atoms with van der Waals surface area (Å²) in [6.45, 7) is 0. The second-order valence-corrected chi connectivity index (χ2v) is 6.37. The van der Waals surface area contributed by atoms with Crippen LogP contribution in [-0.4, -0.2) is 24.6 Å². The number of hydrogen-bond donors (Lipinski definition) is 0. The molecule has 4 heteroatoms. The average Bonchev–Trinajstić information content (AvgIpc) is 2.81. The van der Waals surface area contributed by atoms with Crippen molar-refractivity contribution in [3.63, 3.8) is 0 Å².